The van der Waals surface area contributed by atoms with E-state index in [0.717, 1.165) is 19.4 Å². The monoisotopic (exact) mass is 224 g/mol. The van der Waals surface area contributed by atoms with Crippen molar-refractivity contribution in [2.75, 3.05) is 13.1 Å². The molecule has 0 aliphatic heterocycles. The summed E-state index contributed by atoms with van der Waals surface area (Å²) in [5, 5.41) is 3.15. The first-order valence-corrected chi connectivity index (χ1v) is 6.65. The Bertz CT molecular complexity index is 265. The van der Waals surface area contributed by atoms with Crippen LogP contribution in [0.3, 0.4) is 0 Å². The summed E-state index contributed by atoms with van der Waals surface area (Å²) in [7, 11) is 0. The lowest BCUT2D eigenvalue weighted by Crippen LogP contribution is -2.42. The van der Waals surface area contributed by atoms with Gasteiger partial charge in [-0.15, -0.1) is 0 Å². The Morgan fingerprint density at radius 1 is 1.25 bits per heavy atom. The van der Waals surface area contributed by atoms with Crippen molar-refractivity contribution in [3.05, 3.63) is 0 Å². The molecule has 3 N–H and O–H groups in total. The molecule has 2 fully saturated rings. The van der Waals surface area contributed by atoms with E-state index in [1.807, 2.05) is 0 Å². The van der Waals surface area contributed by atoms with Gasteiger partial charge in [0.05, 0.1) is 5.41 Å². The van der Waals surface area contributed by atoms with Crippen molar-refractivity contribution in [3.8, 4) is 0 Å². The van der Waals surface area contributed by atoms with Gasteiger partial charge in [0.1, 0.15) is 0 Å². The quantitative estimate of drug-likeness (QED) is 0.748. The third-order valence-electron chi connectivity index (χ3n) is 4.76. The van der Waals surface area contributed by atoms with Gasteiger partial charge in [0.25, 0.3) is 0 Å². The highest BCUT2D eigenvalue weighted by molar-refractivity contribution is 5.85. The van der Waals surface area contributed by atoms with Crippen LogP contribution in [0.4, 0.5) is 0 Å². The minimum atomic E-state index is -0.187. The van der Waals surface area contributed by atoms with Gasteiger partial charge in [-0.05, 0) is 37.5 Å². The van der Waals surface area contributed by atoms with Crippen LogP contribution in [0.25, 0.3) is 0 Å². The first-order valence-electron chi connectivity index (χ1n) is 6.65. The van der Waals surface area contributed by atoms with Crippen LogP contribution in [-0.2, 0) is 4.79 Å². The molecular formula is C13H24N2O. The van der Waals surface area contributed by atoms with Gasteiger partial charge in [-0.3, -0.25) is 4.79 Å². The van der Waals surface area contributed by atoms with Crippen molar-refractivity contribution in [2.45, 2.75) is 51.9 Å². The average Bonchev–Trinajstić information content (AvgIpc) is 2.99. The summed E-state index contributed by atoms with van der Waals surface area (Å²) < 4.78 is 0. The molecule has 2 rings (SSSR count). The van der Waals surface area contributed by atoms with E-state index in [4.69, 9.17) is 5.73 Å². The van der Waals surface area contributed by atoms with Crippen molar-refractivity contribution in [1.82, 2.24) is 5.32 Å². The first-order chi connectivity index (χ1) is 7.66. The molecule has 0 spiro atoms. The molecule has 0 saturated heterocycles. The molecular weight excluding hydrogens is 200 g/mol. The van der Waals surface area contributed by atoms with E-state index in [9.17, 15) is 4.79 Å². The lowest BCUT2D eigenvalue weighted by Gasteiger charge is -2.28. The number of hydrogen-bond donors (Lipinski definition) is 2. The highest BCUT2D eigenvalue weighted by Crippen LogP contribution is 2.45. The van der Waals surface area contributed by atoms with Crippen molar-refractivity contribution < 1.29 is 4.79 Å². The van der Waals surface area contributed by atoms with Gasteiger partial charge in [0.2, 0.25) is 5.91 Å². The Morgan fingerprint density at radius 3 is 2.31 bits per heavy atom. The molecule has 2 aliphatic carbocycles. The largest absolute Gasteiger partial charge is 0.355 e. The molecule has 0 aromatic heterocycles. The van der Waals surface area contributed by atoms with Crippen molar-refractivity contribution in [3.63, 3.8) is 0 Å². The van der Waals surface area contributed by atoms with Crippen LogP contribution >= 0.6 is 0 Å². The second-order valence-electron chi connectivity index (χ2n) is 5.73. The molecule has 3 heteroatoms. The maximum atomic E-state index is 12.0. The lowest BCUT2D eigenvalue weighted by molar-refractivity contribution is -0.126. The first kappa shape index (κ1) is 11.9. The molecule has 2 saturated carbocycles. The fraction of sp³-hybridized carbons (Fsp3) is 0.923. The second kappa shape index (κ2) is 4.36. The normalized spacial score (nSPS) is 25.4. The van der Waals surface area contributed by atoms with E-state index < -0.39 is 0 Å². The Hall–Kier alpha value is -0.570. The van der Waals surface area contributed by atoms with Gasteiger partial charge in [-0.1, -0.05) is 19.8 Å². The SMILES string of the molecule is CCC1(CNC(=O)C2(CN)CC2)CCCC1. The predicted molar refractivity (Wildman–Crippen MR) is 64.9 cm³/mol. The van der Waals surface area contributed by atoms with Crippen LogP contribution in [0.2, 0.25) is 0 Å². The molecule has 0 heterocycles. The molecule has 2 aliphatic rings. The van der Waals surface area contributed by atoms with Crippen molar-refractivity contribution >= 4 is 5.91 Å². The summed E-state index contributed by atoms with van der Waals surface area (Å²) in [6.07, 6.45) is 8.35. The van der Waals surface area contributed by atoms with Crippen LogP contribution in [0.5, 0.6) is 0 Å². The van der Waals surface area contributed by atoms with Crippen LogP contribution in [0.15, 0.2) is 0 Å². The molecule has 3 nitrogen and oxygen atoms in total. The third kappa shape index (κ3) is 2.10. The zero-order valence-corrected chi connectivity index (χ0v) is 10.3. The van der Waals surface area contributed by atoms with Crippen LogP contribution in [0.1, 0.15) is 51.9 Å². The van der Waals surface area contributed by atoms with Gasteiger partial charge in [0.15, 0.2) is 0 Å². The van der Waals surface area contributed by atoms with Gasteiger partial charge in [0, 0.05) is 13.1 Å². The van der Waals surface area contributed by atoms with Gasteiger partial charge in [-0.25, -0.2) is 0 Å². The van der Waals surface area contributed by atoms with E-state index in [1.165, 1.54) is 32.1 Å². The topological polar surface area (TPSA) is 55.1 Å². The molecule has 0 aromatic rings. The number of nitrogens with two attached hydrogens (primary N) is 1. The van der Waals surface area contributed by atoms with E-state index >= 15 is 0 Å². The zero-order chi connectivity index (χ0) is 11.6. The Kier molecular flexibility index (Phi) is 3.24. The van der Waals surface area contributed by atoms with Crippen molar-refractivity contribution in [1.29, 1.82) is 0 Å². The minimum Gasteiger partial charge on any atom is -0.355 e. The Morgan fingerprint density at radius 2 is 1.88 bits per heavy atom. The van der Waals surface area contributed by atoms with Crippen LogP contribution in [-0.4, -0.2) is 19.0 Å². The van der Waals surface area contributed by atoms with Crippen molar-refractivity contribution in [2.24, 2.45) is 16.6 Å². The Balaban J connectivity index is 1.84. The van der Waals surface area contributed by atoms with Crippen LogP contribution < -0.4 is 11.1 Å². The van der Waals surface area contributed by atoms with E-state index in [-0.39, 0.29) is 11.3 Å². The molecule has 1 amide bonds. The molecule has 0 atom stereocenters. The summed E-state index contributed by atoms with van der Waals surface area (Å²) in [6.45, 7) is 3.62. The molecule has 0 aromatic carbocycles. The molecule has 16 heavy (non-hydrogen) atoms. The second-order valence-corrected chi connectivity index (χ2v) is 5.73. The summed E-state index contributed by atoms with van der Waals surface area (Å²) in [6, 6.07) is 0. The summed E-state index contributed by atoms with van der Waals surface area (Å²) >= 11 is 0. The molecule has 0 unspecified atom stereocenters. The standard InChI is InChI=1S/C13H24N2O/c1-2-12(5-3-4-6-12)10-15-11(16)13(9-14)7-8-13/h2-10,14H2,1H3,(H,15,16). The van der Waals surface area contributed by atoms with Gasteiger partial charge in [-0.2, -0.15) is 0 Å². The van der Waals surface area contributed by atoms with Gasteiger partial charge >= 0.3 is 0 Å². The third-order valence-corrected chi connectivity index (χ3v) is 4.76. The minimum absolute atomic E-state index is 0.187. The number of nitrogens with one attached hydrogen (secondary N) is 1. The fourth-order valence-corrected chi connectivity index (χ4v) is 2.91. The zero-order valence-electron chi connectivity index (χ0n) is 10.3. The number of hydrogen-bond acceptors (Lipinski definition) is 2. The Labute approximate surface area is 98.2 Å². The number of rotatable bonds is 5. The smallest absolute Gasteiger partial charge is 0.227 e. The van der Waals surface area contributed by atoms with E-state index in [0.29, 0.717) is 12.0 Å². The predicted octanol–water partition coefficient (Wildman–Crippen LogP) is 1.81. The summed E-state index contributed by atoms with van der Waals surface area (Å²) in [5.74, 6) is 0.203. The number of carbonyl (C=O) groups is 1. The molecule has 0 bridgehead atoms. The number of carbonyl (C=O) groups excluding carboxylic acids is 1. The number of amides is 1. The maximum absolute atomic E-state index is 12.0. The fourth-order valence-electron chi connectivity index (χ4n) is 2.91. The molecule has 92 valence electrons. The van der Waals surface area contributed by atoms with E-state index in [2.05, 4.69) is 12.2 Å². The lowest BCUT2D eigenvalue weighted by atomic mass is 9.83. The van der Waals surface area contributed by atoms with E-state index in [1.54, 1.807) is 0 Å². The van der Waals surface area contributed by atoms with Crippen LogP contribution in [0, 0.1) is 10.8 Å². The van der Waals surface area contributed by atoms with Gasteiger partial charge < -0.3 is 11.1 Å². The maximum Gasteiger partial charge on any atom is 0.227 e. The highest BCUT2D eigenvalue weighted by atomic mass is 16.2. The summed E-state index contributed by atoms with van der Waals surface area (Å²) in [5.41, 5.74) is 5.86. The average molecular weight is 224 g/mol. The molecule has 0 radical (unpaired) electrons. The highest BCUT2D eigenvalue weighted by Gasteiger charge is 2.48. The summed E-state index contributed by atoms with van der Waals surface area (Å²) in [4.78, 5) is 12.0.